The molecule has 80 valence electrons. The van der Waals surface area contributed by atoms with Gasteiger partial charge in [-0.25, -0.2) is 4.39 Å². The first kappa shape index (κ1) is 10.4. The van der Waals surface area contributed by atoms with E-state index in [1.807, 2.05) is 13.0 Å². The maximum absolute atomic E-state index is 13.1. The molecular weight excluding hydrogens is 189 g/mol. The maximum atomic E-state index is 13.1. The zero-order valence-corrected chi connectivity index (χ0v) is 9.02. The Morgan fingerprint density at radius 1 is 1.40 bits per heavy atom. The van der Waals surface area contributed by atoms with Crippen molar-refractivity contribution >= 4 is 6.08 Å². The van der Waals surface area contributed by atoms with Crippen LogP contribution in [0.5, 0.6) is 0 Å². The Kier molecular flexibility index (Phi) is 3.17. The lowest BCUT2D eigenvalue weighted by atomic mass is 10.0. The molecule has 1 fully saturated rings. The molecule has 1 nitrogen and oxygen atoms in total. The SMILES string of the molecule is Cc1ccc(F)cc1/C=C1/CCCNC1. The van der Waals surface area contributed by atoms with Crippen LogP contribution in [0.15, 0.2) is 23.8 Å². The second-order valence-electron chi connectivity index (χ2n) is 4.08. The molecule has 1 N–H and O–H groups in total. The summed E-state index contributed by atoms with van der Waals surface area (Å²) in [5, 5.41) is 3.33. The summed E-state index contributed by atoms with van der Waals surface area (Å²) in [4.78, 5) is 0. The van der Waals surface area contributed by atoms with Crippen molar-refractivity contribution in [1.29, 1.82) is 0 Å². The van der Waals surface area contributed by atoms with Gasteiger partial charge in [-0.1, -0.05) is 17.7 Å². The highest BCUT2D eigenvalue weighted by molar-refractivity contribution is 5.57. The molecule has 1 saturated heterocycles. The predicted molar refractivity (Wildman–Crippen MR) is 61.2 cm³/mol. The van der Waals surface area contributed by atoms with Crippen LogP contribution in [0.2, 0.25) is 0 Å². The van der Waals surface area contributed by atoms with Crippen molar-refractivity contribution in [3.8, 4) is 0 Å². The second kappa shape index (κ2) is 4.58. The summed E-state index contributed by atoms with van der Waals surface area (Å²) in [7, 11) is 0. The number of piperidine rings is 1. The van der Waals surface area contributed by atoms with Crippen LogP contribution in [0.3, 0.4) is 0 Å². The fourth-order valence-corrected chi connectivity index (χ4v) is 1.89. The normalized spacial score (nSPS) is 19.5. The molecule has 15 heavy (non-hydrogen) atoms. The average Bonchev–Trinajstić information content (AvgIpc) is 2.25. The third-order valence-electron chi connectivity index (χ3n) is 2.80. The van der Waals surface area contributed by atoms with Gasteiger partial charge in [0.2, 0.25) is 0 Å². The molecule has 1 aromatic carbocycles. The quantitative estimate of drug-likeness (QED) is 0.743. The zero-order chi connectivity index (χ0) is 10.7. The van der Waals surface area contributed by atoms with Crippen molar-refractivity contribution in [2.75, 3.05) is 13.1 Å². The number of aryl methyl sites for hydroxylation is 1. The van der Waals surface area contributed by atoms with E-state index in [9.17, 15) is 4.39 Å². The van der Waals surface area contributed by atoms with E-state index in [0.717, 1.165) is 30.6 Å². The average molecular weight is 205 g/mol. The minimum atomic E-state index is -0.156. The Labute approximate surface area is 90.0 Å². The van der Waals surface area contributed by atoms with Crippen LogP contribution >= 0.6 is 0 Å². The van der Waals surface area contributed by atoms with E-state index >= 15 is 0 Å². The molecule has 2 rings (SSSR count). The van der Waals surface area contributed by atoms with Gasteiger partial charge in [0, 0.05) is 6.54 Å². The Morgan fingerprint density at radius 3 is 3.00 bits per heavy atom. The largest absolute Gasteiger partial charge is 0.313 e. The molecule has 1 aliphatic heterocycles. The Balaban J connectivity index is 2.25. The van der Waals surface area contributed by atoms with E-state index < -0.39 is 0 Å². The van der Waals surface area contributed by atoms with Crippen molar-refractivity contribution in [3.05, 3.63) is 40.7 Å². The summed E-state index contributed by atoms with van der Waals surface area (Å²) in [5.41, 5.74) is 3.51. The van der Waals surface area contributed by atoms with Gasteiger partial charge in [-0.05, 0) is 49.6 Å². The van der Waals surface area contributed by atoms with Gasteiger partial charge in [-0.15, -0.1) is 0 Å². The van der Waals surface area contributed by atoms with Gasteiger partial charge in [-0.3, -0.25) is 0 Å². The number of halogens is 1. The van der Waals surface area contributed by atoms with E-state index in [0.29, 0.717) is 0 Å². The lowest BCUT2D eigenvalue weighted by Crippen LogP contribution is -2.23. The highest BCUT2D eigenvalue weighted by Crippen LogP contribution is 2.17. The van der Waals surface area contributed by atoms with Gasteiger partial charge in [0.05, 0.1) is 0 Å². The minimum Gasteiger partial charge on any atom is -0.313 e. The Morgan fingerprint density at radius 2 is 2.27 bits per heavy atom. The zero-order valence-electron chi connectivity index (χ0n) is 9.02. The molecule has 0 spiro atoms. The van der Waals surface area contributed by atoms with Crippen LogP contribution in [0.4, 0.5) is 4.39 Å². The third kappa shape index (κ3) is 2.66. The van der Waals surface area contributed by atoms with Crippen molar-refractivity contribution in [2.45, 2.75) is 19.8 Å². The molecule has 2 heteroatoms. The predicted octanol–water partition coefficient (Wildman–Crippen LogP) is 2.90. The first-order valence-electron chi connectivity index (χ1n) is 5.42. The molecule has 0 radical (unpaired) electrons. The smallest absolute Gasteiger partial charge is 0.123 e. The molecule has 1 heterocycles. The maximum Gasteiger partial charge on any atom is 0.123 e. The van der Waals surface area contributed by atoms with E-state index in [1.165, 1.54) is 18.1 Å². The molecule has 0 atom stereocenters. The first-order valence-corrected chi connectivity index (χ1v) is 5.42. The number of hydrogen-bond acceptors (Lipinski definition) is 1. The third-order valence-corrected chi connectivity index (χ3v) is 2.80. The van der Waals surface area contributed by atoms with E-state index in [-0.39, 0.29) is 5.82 Å². The highest BCUT2D eigenvalue weighted by atomic mass is 19.1. The molecule has 0 unspecified atom stereocenters. The summed E-state index contributed by atoms with van der Waals surface area (Å²) in [5.74, 6) is -0.156. The fraction of sp³-hybridized carbons (Fsp3) is 0.385. The lowest BCUT2D eigenvalue weighted by Gasteiger charge is -2.15. The second-order valence-corrected chi connectivity index (χ2v) is 4.08. The molecule has 0 aromatic heterocycles. The summed E-state index contributed by atoms with van der Waals surface area (Å²) in [6.07, 6.45) is 4.42. The highest BCUT2D eigenvalue weighted by Gasteiger charge is 2.05. The number of nitrogens with one attached hydrogen (secondary N) is 1. The number of benzene rings is 1. The molecule has 1 aromatic rings. The molecule has 0 bridgehead atoms. The van der Waals surface area contributed by atoms with Gasteiger partial charge >= 0.3 is 0 Å². The number of rotatable bonds is 1. The van der Waals surface area contributed by atoms with Crippen LogP contribution in [-0.2, 0) is 0 Å². The monoisotopic (exact) mass is 205 g/mol. The van der Waals surface area contributed by atoms with Gasteiger partial charge < -0.3 is 5.32 Å². The fourth-order valence-electron chi connectivity index (χ4n) is 1.89. The van der Waals surface area contributed by atoms with Crippen molar-refractivity contribution in [1.82, 2.24) is 5.32 Å². The molecular formula is C13H16FN. The number of hydrogen-bond donors (Lipinski definition) is 1. The topological polar surface area (TPSA) is 12.0 Å². The van der Waals surface area contributed by atoms with Gasteiger partial charge in [0.1, 0.15) is 5.82 Å². The van der Waals surface area contributed by atoms with E-state index in [2.05, 4.69) is 11.4 Å². The van der Waals surface area contributed by atoms with Crippen molar-refractivity contribution in [3.63, 3.8) is 0 Å². The van der Waals surface area contributed by atoms with Crippen LogP contribution in [0.1, 0.15) is 24.0 Å². The van der Waals surface area contributed by atoms with Crippen LogP contribution in [-0.4, -0.2) is 13.1 Å². The van der Waals surface area contributed by atoms with Gasteiger partial charge in [0.25, 0.3) is 0 Å². The van der Waals surface area contributed by atoms with Crippen LogP contribution in [0, 0.1) is 12.7 Å². The molecule has 0 saturated carbocycles. The minimum absolute atomic E-state index is 0.156. The molecule has 0 amide bonds. The van der Waals surface area contributed by atoms with E-state index in [1.54, 1.807) is 6.07 Å². The Bertz CT molecular complexity index is 374. The van der Waals surface area contributed by atoms with Gasteiger partial charge in [0.15, 0.2) is 0 Å². The lowest BCUT2D eigenvalue weighted by molar-refractivity contribution is 0.612. The van der Waals surface area contributed by atoms with Crippen molar-refractivity contribution < 1.29 is 4.39 Å². The van der Waals surface area contributed by atoms with Crippen LogP contribution < -0.4 is 5.32 Å². The summed E-state index contributed by atoms with van der Waals surface area (Å²) < 4.78 is 13.1. The van der Waals surface area contributed by atoms with Crippen LogP contribution in [0.25, 0.3) is 6.08 Å². The Hall–Kier alpha value is -1.15. The van der Waals surface area contributed by atoms with Crippen molar-refractivity contribution in [2.24, 2.45) is 0 Å². The summed E-state index contributed by atoms with van der Waals surface area (Å²) in [6, 6.07) is 4.95. The summed E-state index contributed by atoms with van der Waals surface area (Å²) >= 11 is 0. The summed E-state index contributed by atoms with van der Waals surface area (Å²) in [6.45, 7) is 4.05. The first-order chi connectivity index (χ1) is 7.25. The van der Waals surface area contributed by atoms with Gasteiger partial charge in [-0.2, -0.15) is 0 Å². The molecule has 1 aliphatic rings. The molecule has 0 aliphatic carbocycles. The standard InChI is InChI=1S/C13H16FN/c1-10-4-5-13(14)8-12(10)7-11-3-2-6-15-9-11/h4-5,7-8,15H,2-3,6,9H2,1H3/b11-7-. The van der Waals surface area contributed by atoms with E-state index in [4.69, 9.17) is 0 Å².